The molecule has 0 radical (unpaired) electrons. The number of imide groups is 1. The Morgan fingerprint density at radius 1 is 0.841 bits per heavy atom. The SMILES string of the molecule is CS(=O)(=O)ON1C(=O)c2cccc3cc(-n4cc(COCCOCCOCCOCCOCCC(=O)O)nn4)cc(c23)C1=O. The van der Waals surface area contributed by atoms with E-state index in [9.17, 15) is 22.8 Å². The molecule has 44 heavy (non-hydrogen) atoms. The van der Waals surface area contributed by atoms with E-state index in [0.717, 1.165) is 6.26 Å². The molecule has 0 saturated heterocycles. The lowest BCUT2D eigenvalue weighted by Gasteiger charge is -2.25. The van der Waals surface area contributed by atoms with Crippen molar-refractivity contribution in [1.82, 2.24) is 20.1 Å². The fourth-order valence-corrected chi connectivity index (χ4v) is 4.52. The first-order chi connectivity index (χ1) is 21.1. The molecule has 1 aromatic heterocycles. The number of hydroxylamine groups is 2. The minimum absolute atomic E-state index is 0.0342. The Labute approximate surface area is 252 Å². The number of carbonyl (C=O) groups is 3. The molecule has 0 spiro atoms. The third-order valence-corrected chi connectivity index (χ3v) is 6.42. The highest BCUT2D eigenvalue weighted by atomic mass is 32.2. The van der Waals surface area contributed by atoms with Gasteiger partial charge >= 0.3 is 5.97 Å². The first kappa shape index (κ1) is 33.1. The molecule has 2 heterocycles. The average molecular weight is 637 g/mol. The van der Waals surface area contributed by atoms with Gasteiger partial charge in [-0.3, -0.25) is 14.4 Å². The standard InChI is InChI=1S/C27H32N4O12S/c1-44(36,37)43-31-26(34)22-4-2-3-19-15-21(16-23(25(19)22)27(31)35)30-17-20(28-29-30)18-42-14-13-41-12-11-40-10-9-39-8-7-38-6-5-24(32)33/h2-4,15-17H,5-14,18H2,1H3,(H,32,33). The second-order valence-corrected chi connectivity index (χ2v) is 10.9. The summed E-state index contributed by atoms with van der Waals surface area (Å²) in [6.45, 7) is 3.19. The Hall–Kier alpha value is -3.84. The molecule has 0 bridgehead atoms. The number of carboxylic acid groups (broad SMARTS) is 1. The molecule has 0 saturated carbocycles. The van der Waals surface area contributed by atoms with E-state index in [2.05, 4.69) is 14.6 Å². The highest BCUT2D eigenvalue weighted by Crippen LogP contribution is 2.32. The minimum Gasteiger partial charge on any atom is -0.481 e. The monoisotopic (exact) mass is 636 g/mol. The van der Waals surface area contributed by atoms with Crippen LogP contribution in [0.15, 0.2) is 36.5 Å². The van der Waals surface area contributed by atoms with E-state index >= 15 is 0 Å². The van der Waals surface area contributed by atoms with Crippen molar-refractivity contribution in [3.63, 3.8) is 0 Å². The summed E-state index contributed by atoms with van der Waals surface area (Å²) in [5.74, 6) is -2.69. The zero-order valence-corrected chi connectivity index (χ0v) is 24.7. The van der Waals surface area contributed by atoms with Crippen LogP contribution in [0.4, 0.5) is 0 Å². The first-order valence-corrected chi connectivity index (χ1v) is 15.3. The van der Waals surface area contributed by atoms with Gasteiger partial charge in [0.1, 0.15) is 5.69 Å². The Morgan fingerprint density at radius 3 is 2.05 bits per heavy atom. The number of benzene rings is 2. The van der Waals surface area contributed by atoms with Crippen molar-refractivity contribution in [1.29, 1.82) is 0 Å². The summed E-state index contributed by atoms with van der Waals surface area (Å²) in [5, 5.41) is 17.9. The number of hydrogen-bond donors (Lipinski definition) is 1. The highest BCUT2D eigenvalue weighted by Gasteiger charge is 2.36. The first-order valence-electron chi connectivity index (χ1n) is 13.5. The average Bonchev–Trinajstić information content (AvgIpc) is 3.46. The molecule has 0 aliphatic carbocycles. The number of nitrogens with zero attached hydrogens (tertiary/aromatic N) is 4. The van der Waals surface area contributed by atoms with E-state index in [1.165, 1.54) is 16.8 Å². The fourth-order valence-electron chi connectivity index (χ4n) is 4.11. The molecular weight excluding hydrogens is 604 g/mol. The van der Waals surface area contributed by atoms with Gasteiger partial charge in [-0.05, 0) is 23.6 Å². The molecule has 0 unspecified atom stereocenters. The van der Waals surface area contributed by atoms with Crippen LogP contribution in [0.25, 0.3) is 16.5 Å². The van der Waals surface area contributed by atoms with E-state index in [-0.39, 0.29) is 35.8 Å². The fraction of sp³-hybridized carbons (Fsp3) is 0.444. The van der Waals surface area contributed by atoms with Gasteiger partial charge in [0, 0.05) is 5.39 Å². The number of rotatable bonds is 20. The molecule has 3 aromatic rings. The van der Waals surface area contributed by atoms with E-state index < -0.39 is 27.9 Å². The van der Waals surface area contributed by atoms with E-state index in [1.54, 1.807) is 24.4 Å². The largest absolute Gasteiger partial charge is 0.481 e. The van der Waals surface area contributed by atoms with Gasteiger partial charge < -0.3 is 28.8 Å². The molecule has 238 valence electrons. The molecule has 0 atom stereocenters. The van der Waals surface area contributed by atoms with Crippen molar-refractivity contribution in [2.24, 2.45) is 0 Å². The second kappa shape index (κ2) is 15.8. The zero-order chi connectivity index (χ0) is 31.5. The van der Waals surface area contributed by atoms with Crippen LogP contribution >= 0.6 is 0 Å². The maximum absolute atomic E-state index is 13.1. The highest BCUT2D eigenvalue weighted by molar-refractivity contribution is 7.85. The van der Waals surface area contributed by atoms with Gasteiger partial charge in [-0.15, -0.1) is 14.4 Å². The third kappa shape index (κ3) is 9.33. The van der Waals surface area contributed by atoms with E-state index in [0.29, 0.717) is 75.0 Å². The normalized spacial score (nSPS) is 13.2. The van der Waals surface area contributed by atoms with Crippen LogP contribution in [-0.2, 0) is 49.5 Å². The van der Waals surface area contributed by atoms with Crippen LogP contribution in [-0.4, -0.2) is 117 Å². The zero-order valence-electron chi connectivity index (χ0n) is 23.9. The number of amides is 2. The maximum atomic E-state index is 13.1. The predicted octanol–water partition coefficient (Wildman–Crippen LogP) is 0.965. The number of carboxylic acids is 1. The Balaban J connectivity index is 1.18. The van der Waals surface area contributed by atoms with Crippen LogP contribution in [0.2, 0.25) is 0 Å². The summed E-state index contributed by atoms with van der Waals surface area (Å²) in [7, 11) is -4.14. The van der Waals surface area contributed by atoms with Crippen molar-refractivity contribution < 1.29 is 55.9 Å². The maximum Gasteiger partial charge on any atom is 0.305 e. The van der Waals surface area contributed by atoms with Gasteiger partial charge in [-0.2, -0.15) is 8.42 Å². The van der Waals surface area contributed by atoms with Crippen molar-refractivity contribution in [3.8, 4) is 5.69 Å². The van der Waals surface area contributed by atoms with Crippen LogP contribution in [0.5, 0.6) is 0 Å². The van der Waals surface area contributed by atoms with Crippen molar-refractivity contribution in [3.05, 3.63) is 53.3 Å². The van der Waals surface area contributed by atoms with Crippen molar-refractivity contribution in [2.45, 2.75) is 13.0 Å². The van der Waals surface area contributed by atoms with Crippen LogP contribution < -0.4 is 0 Å². The Bertz CT molecular complexity index is 1580. The van der Waals surface area contributed by atoms with Crippen LogP contribution in [0.3, 0.4) is 0 Å². The Morgan fingerprint density at radius 2 is 1.43 bits per heavy atom. The van der Waals surface area contributed by atoms with Gasteiger partial charge in [0.25, 0.3) is 21.9 Å². The smallest absolute Gasteiger partial charge is 0.305 e. The molecule has 1 aliphatic rings. The van der Waals surface area contributed by atoms with Crippen molar-refractivity contribution in [2.75, 3.05) is 65.7 Å². The number of aliphatic carboxylic acids is 1. The van der Waals surface area contributed by atoms with E-state index in [4.69, 9.17) is 28.8 Å². The molecular formula is C27H32N4O12S. The molecule has 4 rings (SSSR count). The van der Waals surface area contributed by atoms with Gasteiger partial charge in [-0.25, -0.2) is 4.68 Å². The summed E-state index contributed by atoms with van der Waals surface area (Å²) in [5.41, 5.74) is 1.20. The minimum atomic E-state index is -4.14. The summed E-state index contributed by atoms with van der Waals surface area (Å²) in [6.07, 6.45) is 2.34. The Kier molecular flexibility index (Phi) is 11.8. The quantitative estimate of drug-likeness (QED) is 0.136. The summed E-state index contributed by atoms with van der Waals surface area (Å²) in [4.78, 5) is 36.2. The molecule has 16 nitrogen and oxygen atoms in total. The van der Waals surface area contributed by atoms with Gasteiger partial charge in [0.15, 0.2) is 0 Å². The summed E-state index contributed by atoms with van der Waals surface area (Å²) < 4.78 is 56.3. The lowest BCUT2D eigenvalue weighted by atomic mass is 9.94. The number of hydrogen-bond acceptors (Lipinski definition) is 13. The van der Waals surface area contributed by atoms with Crippen LogP contribution in [0.1, 0.15) is 32.8 Å². The topological polar surface area (TPSA) is 195 Å². The molecule has 1 N–H and O–H groups in total. The lowest BCUT2D eigenvalue weighted by molar-refractivity contribution is -0.138. The lowest BCUT2D eigenvalue weighted by Crippen LogP contribution is -2.41. The van der Waals surface area contributed by atoms with Crippen LogP contribution in [0, 0.1) is 0 Å². The van der Waals surface area contributed by atoms with E-state index in [1.807, 2.05) is 0 Å². The number of aromatic nitrogens is 3. The molecule has 1 aliphatic heterocycles. The summed E-state index contributed by atoms with van der Waals surface area (Å²) in [6, 6.07) is 8.06. The van der Waals surface area contributed by atoms with Crippen molar-refractivity contribution >= 4 is 38.7 Å². The van der Waals surface area contributed by atoms with Gasteiger partial charge in [-0.1, -0.05) is 17.3 Å². The predicted molar refractivity (Wildman–Crippen MR) is 150 cm³/mol. The number of ether oxygens (including phenoxy) is 5. The van der Waals surface area contributed by atoms with Gasteiger partial charge in [0.05, 0.1) is 102 Å². The molecule has 2 amide bonds. The molecule has 17 heteroatoms. The molecule has 2 aromatic carbocycles. The summed E-state index contributed by atoms with van der Waals surface area (Å²) >= 11 is 0. The molecule has 0 fully saturated rings. The third-order valence-electron chi connectivity index (χ3n) is 6.00. The second-order valence-electron chi connectivity index (χ2n) is 9.38. The number of carbonyl (C=O) groups excluding carboxylic acids is 2. The van der Waals surface area contributed by atoms with Gasteiger partial charge in [0.2, 0.25) is 0 Å².